The predicted molar refractivity (Wildman–Crippen MR) is 81.5 cm³/mol. The zero-order valence-corrected chi connectivity index (χ0v) is 12.8. The van der Waals surface area contributed by atoms with Crippen molar-refractivity contribution in [3.05, 3.63) is 34.2 Å². The van der Waals surface area contributed by atoms with Crippen LogP contribution in [-0.4, -0.2) is 30.1 Å². The number of aryl methyl sites for hydroxylation is 1. The van der Waals surface area contributed by atoms with Crippen LogP contribution in [-0.2, 0) is 7.05 Å². The fraction of sp³-hybridized carbons (Fsp3) is 0.571. The molecule has 6 heteroatoms. The number of aromatic nitrogens is 1. The molecule has 0 saturated carbocycles. The molecule has 0 aliphatic carbocycles. The minimum atomic E-state index is -0.169. The Morgan fingerprint density at radius 3 is 2.70 bits per heavy atom. The smallest absolute Gasteiger partial charge is 0.251 e. The van der Waals surface area contributed by atoms with E-state index >= 15 is 0 Å². The third-order valence-electron chi connectivity index (χ3n) is 3.85. The van der Waals surface area contributed by atoms with E-state index in [0.29, 0.717) is 12.1 Å². The second-order valence-electron chi connectivity index (χ2n) is 5.61. The van der Waals surface area contributed by atoms with Crippen LogP contribution in [0.4, 0.5) is 0 Å². The number of carbonyl (C=O) groups is 1. The monoisotopic (exact) mass is 299 g/mol. The molecule has 1 saturated heterocycles. The molecule has 0 atom stereocenters. The van der Waals surface area contributed by atoms with E-state index in [4.69, 9.17) is 0 Å². The number of hydrogen-bond donors (Lipinski definition) is 2. The standard InChI is InChI=1S/C14H21N3O2.ClH/c1-14(4-6-15-7-5-14)10-16-13(19)11-3-8-17(2)12(18)9-11;/h3,8-9,15H,4-7,10H2,1-2H3,(H,16,19);1H. The molecule has 0 radical (unpaired) electrons. The highest BCUT2D eigenvalue weighted by atomic mass is 35.5. The molecule has 0 bridgehead atoms. The average molecular weight is 300 g/mol. The molecule has 2 rings (SSSR count). The van der Waals surface area contributed by atoms with Gasteiger partial charge < -0.3 is 15.2 Å². The van der Waals surface area contributed by atoms with E-state index in [0.717, 1.165) is 25.9 Å². The fourth-order valence-corrected chi connectivity index (χ4v) is 2.29. The van der Waals surface area contributed by atoms with E-state index in [1.54, 1.807) is 19.3 Å². The van der Waals surface area contributed by atoms with Crippen molar-refractivity contribution in [1.29, 1.82) is 0 Å². The molecule has 0 aromatic carbocycles. The molecule has 2 heterocycles. The van der Waals surface area contributed by atoms with Crippen molar-refractivity contribution in [1.82, 2.24) is 15.2 Å². The molecule has 0 unspecified atom stereocenters. The first-order chi connectivity index (χ1) is 9.00. The van der Waals surface area contributed by atoms with Crippen molar-refractivity contribution in [3.63, 3.8) is 0 Å². The molecule has 1 fully saturated rings. The number of halogens is 1. The van der Waals surface area contributed by atoms with Crippen molar-refractivity contribution in [2.75, 3.05) is 19.6 Å². The average Bonchev–Trinajstić information content (AvgIpc) is 2.40. The Kier molecular flexibility index (Phi) is 5.77. The highest BCUT2D eigenvalue weighted by Crippen LogP contribution is 2.26. The van der Waals surface area contributed by atoms with Gasteiger partial charge in [0, 0.05) is 31.4 Å². The van der Waals surface area contributed by atoms with Crippen LogP contribution in [0.5, 0.6) is 0 Å². The fourth-order valence-electron chi connectivity index (χ4n) is 2.29. The summed E-state index contributed by atoms with van der Waals surface area (Å²) in [5, 5.41) is 6.26. The zero-order valence-electron chi connectivity index (χ0n) is 11.9. The maximum Gasteiger partial charge on any atom is 0.251 e. The molecule has 0 spiro atoms. The molecule has 1 aromatic rings. The Hall–Kier alpha value is -1.33. The molecule has 112 valence electrons. The summed E-state index contributed by atoms with van der Waals surface area (Å²) in [4.78, 5) is 23.5. The number of pyridine rings is 1. The second kappa shape index (κ2) is 6.90. The van der Waals surface area contributed by atoms with E-state index in [-0.39, 0.29) is 29.3 Å². The van der Waals surface area contributed by atoms with Gasteiger partial charge in [0.05, 0.1) is 0 Å². The van der Waals surface area contributed by atoms with Crippen molar-refractivity contribution in [3.8, 4) is 0 Å². The summed E-state index contributed by atoms with van der Waals surface area (Å²) in [6, 6.07) is 3.04. The number of nitrogens with one attached hydrogen (secondary N) is 2. The van der Waals surface area contributed by atoms with Gasteiger partial charge >= 0.3 is 0 Å². The van der Waals surface area contributed by atoms with Gasteiger partial charge in [-0.15, -0.1) is 12.4 Å². The largest absolute Gasteiger partial charge is 0.351 e. The van der Waals surface area contributed by atoms with Crippen LogP contribution in [0, 0.1) is 5.41 Å². The lowest BCUT2D eigenvalue weighted by atomic mass is 9.81. The molecule has 1 aliphatic rings. The number of nitrogens with zero attached hydrogens (tertiary/aromatic N) is 1. The number of piperidine rings is 1. The van der Waals surface area contributed by atoms with Crippen LogP contribution in [0.3, 0.4) is 0 Å². The maximum absolute atomic E-state index is 12.0. The van der Waals surface area contributed by atoms with Crippen LogP contribution >= 0.6 is 12.4 Å². The molecule has 1 amide bonds. The van der Waals surface area contributed by atoms with E-state index < -0.39 is 0 Å². The Balaban J connectivity index is 0.00000200. The third kappa shape index (κ3) is 4.08. The summed E-state index contributed by atoms with van der Waals surface area (Å²) in [5.74, 6) is -0.169. The first-order valence-electron chi connectivity index (χ1n) is 6.66. The van der Waals surface area contributed by atoms with Gasteiger partial charge in [-0.25, -0.2) is 0 Å². The summed E-state index contributed by atoms with van der Waals surface area (Å²) in [6.07, 6.45) is 3.73. The molecule has 2 N–H and O–H groups in total. The first kappa shape index (κ1) is 16.7. The zero-order chi connectivity index (χ0) is 13.9. The van der Waals surface area contributed by atoms with Crippen molar-refractivity contribution < 1.29 is 4.79 Å². The normalized spacial score (nSPS) is 17.1. The van der Waals surface area contributed by atoms with E-state index in [1.165, 1.54) is 10.6 Å². The third-order valence-corrected chi connectivity index (χ3v) is 3.85. The molecule has 5 nitrogen and oxygen atoms in total. The van der Waals surface area contributed by atoms with Crippen LogP contribution in [0.15, 0.2) is 23.1 Å². The first-order valence-corrected chi connectivity index (χ1v) is 6.66. The van der Waals surface area contributed by atoms with Crippen molar-refractivity contribution in [2.45, 2.75) is 19.8 Å². The Bertz CT molecular complexity index is 521. The topological polar surface area (TPSA) is 63.1 Å². The molecule has 20 heavy (non-hydrogen) atoms. The quantitative estimate of drug-likeness (QED) is 0.873. The number of carbonyl (C=O) groups excluding carboxylic acids is 1. The summed E-state index contributed by atoms with van der Waals surface area (Å²) in [7, 11) is 1.67. The van der Waals surface area contributed by atoms with Gasteiger partial charge in [0.15, 0.2) is 0 Å². The molecule has 1 aliphatic heterocycles. The number of rotatable bonds is 3. The number of amides is 1. The van der Waals surface area contributed by atoms with E-state index in [9.17, 15) is 9.59 Å². The summed E-state index contributed by atoms with van der Waals surface area (Å²) in [5.41, 5.74) is 0.419. The predicted octanol–water partition coefficient (Wildman–Crippen LogP) is 0.927. The Labute approximate surface area is 125 Å². The Morgan fingerprint density at radius 2 is 2.10 bits per heavy atom. The van der Waals surface area contributed by atoms with Gasteiger partial charge in [-0.1, -0.05) is 6.92 Å². The van der Waals surface area contributed by atoms with Crippen LogP contribution < -0.4 is 16.2 Å². The summed E-state index contributed by atoms with van der Waals surface area (Å²) >= 11 is 0. The van der Waals surface area contributed by atoms with E-state index in [1.807, 2.05) is 0 Å². The van der Waals surface area contributed by atoms with Gasteiger partial charge in [0.25, 0.3) is 11.5 Å². The van der Waals surface area contributed by atoms with Gasteiger partial charge in [-0.2, -0.15) is 0 Å². The van der Waals surface area contributed by atoms with Gasteiger partial charge in [-0.3, -0.25) is 9.59 Å². The molecule has 1 aromatic heterocycles. The SMILES string of the molecule is Cl.Cn1ccc(C(=O)NCC2(C)CCNCC2)cc1=O. The number of hydrogen-bond acceptors (Lipinski definition) is 3. The van der Waals surface area contributed by atoms with E-state index in [2.05, 4.69) is 17.6 Å². The Morgan fingerprint density at radius 1 is 1.45 bits per heavy atom. The van der Waals surface area contributed by atoms with Gasteiger partial charge in [0.1, 0.15) is 0 Å². The lowest BCUT2D eigenvalue weighted by molar-refractivity contribution is 0.0922. The van der Waals surface area contributed by atoms with Gasteiger partial charge in [0.2, 0.25) is 0 Å². The lowest BCUT2D eigenvalue weighted by Gasteiger charge is -2.34. The maximum atomic E-state index is 12.0. The van der Waals surface area contributed by atoms with Crippen molar-refractivity contribution >= 4 is 18.3 Å². The van der Waals surface area contributed by atoms with Gasteiger partial charge in [-0.05, 0) is 37.4 Å². The highest BCUT2D eigenvalue weighted by Gasteiger charge is 2.27. The van der Waals surface area contributed by atoms with Crippen LogP contribution in [0.25, 0.3) is 0 Å². The molecular weight excluding hydrogens is 278 g/mol. The highest BCUT2D eigenvalue weighted by molar-refractivity contribution is 5.93. The lowest BCUT2D eigenvalue weighted by Crippen LogP contribution is -2.43. The minimum absolute atomic E-state index is 0. The van der Waals surface area contributed by atoms with Crippen LogP contribution in [0.1, 0.15) is 30.1 Å². The van der Waals surface area contributed by atoms with Crippen molar-refractivity contribution in [2.24, 2.45) is 12.5 Å². The summed E-state index contributed by atoms with van der Waals surface area (Å²) in [6.45, 7) is 4.84. The second-order valence-corrected chi connectivity index (χ2v) is 5.61. The summed E-state index contributed by atoms with van der Waals surface area (Å²) < 4.78 is 1.45. The van der Waals surface area contributed by atoms with Crippen LogP contribution in [0.2, 0.25) is 0 Å². The molecular formula is C14H22ClN3O2. The minimum Gasteiger partial charge on any atom is -0.351 e.